The Morgan fingerprint density at radius 3 is 2.80 bits per heavy atom. The molecule has 0 radical (unpaired) electrons. The second-order valence-electron chi connectivity index (χ2n) is 5.72. The van der Waals surface area contributed by atoms with Crippen LogP contribution in [0, 0.1) is 5.92 Å². The van der Waals surface area contributed by atoms with Gasteiger partial charge in [0.1, 0.15) is 5.75 Å². The first-order valence-corrected chi connectivity index (χ1v) is 6.94. The first-order chi connectivity index (χ1) is 9.56. The van der Waals surface area contributed by atoms with Crippen LogP contribution in [0.1, 0.15) is 29.9 Å². The van der Waals surface area contributed by atoms with Gasteiger partial charge in [-0.1, -0.05) is 12.1 Å². The van der Waals surface area contributed by atoms with Crippen LogP contribution in [0.25, 0.3) is 0 Å². The van der Waals surface area contributed by atoms with Gasteiger partial charge in [0.05, 0.1) is 5.92 Å². The summed E-state index contributed by atoms with van der Waals surface area (Å²) >= 11 is 0. The Kier molecular flexibility index (Phi) is 3.12. The highest BCUT2D eigenvalue weighted by atomic mass is 16.3. The second kappa shape index (κ2) is 4.81. The second-order valence-corrected chi connectivity index (χ2v) is 5.72. The number of phenolic OH excluding ortho intramolecular Hbond substituents is 1. The first kappa shape index (κ1) is 13.0. The third-order valence-electron chi connectivity index (χ3n) is 4.28. The fraction of sp³-hybridized carbons (Fsp3) is 0.467. The highest BCUT2D eigenvalue weighted by molar-refractivity contribution is 5.87. The molecule has 1 aliphatic carbocycles. The van der Waals surface area contributed by atoms with Gasteiger partial charge in [-0.2, -0.15) is 0 Å². The van der Waals surface area contributed by atoms with Gasteiger partial charge in [0, 0.05) is 31.0 Å². The molecule has 1 aliphatic heterocycles. The molecule has 2 aliphatic rings. The SMILES string of the molecule is NC(=O)CC1CN(C(=O)C2CCc3cccc(O)c32)C1. The molecule has 1 fully saturated rings. The minimum absolute atomic E-state index is 0.0611. The molecule has 2 amide bonds. The highest BCUT2D eigenvalue weighted by Gasteiger charge is 2.39. The molecule has 1 atom stereocenters. The number of aryl methyl sites for hydroxylation is 1. The molecule has 1 aromatic carbocycles. The summed E-state index contributed by atoms with van der Waals surface area (Å²) in [5.41, 5.74) is 7.01. The van der Waals surface area contributed by atoms with Crippen LogP contribution in [0.15, 0.2) is 18.2 Å². The van der Waals surface area contributed by atoms with Crippen LogP contribution < -0.4 is 5.73 Å². The van der Waals surface area contributed by atoms with E-state index in [-0.39, 0.29) is 29.4 Å². The maximum Gasteiger partial charge on any atom is 0.230 e. The van der Waals surface area contributed by atoms with E-state index >= 15 is 0 Å². The van der Waals surface area contributed by atoms with Crippen LogP contribution in [-0.4, -0.2) is 34.9 Å². The lowest BCUT2D eigenvalue weighted by Crippen LogP contribution is -2.52. The fourth-order valence-electron chi connectivity index (χ4n) is 3.29. The van der Waals surface area contributed by atoms with Gasteiger partial charge < -0.3 is 15.7 Å². The lowest BCUT2D eigenvalue weighted by molar-refractivity contribution is -0.140. The third-order valence-corrected chi connectivity index (χ3v) is 4.28. The summed E-state index contributed by atoms with van der Waals surface area (Å²) in [6.45, 7) is 1.20. The van der Waals surface area contributed by atoms with Crippen LogP contribution in [0.2, 0.25) is 0 Å². The smallest absolute Gasteiger partial charge is 0.230 e. The summed E-state index contributed by atoms with van der Waals surface area (Å²) in [6, 6.07) is 5.41. The third kappa shape index (κ3) is 2.13. The van der Waals surface area contributed by atoms with E-state index in [1.165, 1.54) is 0 Å². The molecule has 1 heterocycles. The molecular formula is C15H18N2O3. The Hall–Kier alpha value is -2.04. The zero-order valence-corrected chi connectivity index (χ0v) is 11.2. The van der Waals surface area contributed by atoms with Gasteiger partial charge in [0.2, 0.25) is 11.8 Å². The molecule has 1 saturated heterocycles. The van der Waals surface area contributed by atoms with Crippen molar-refractivity contribution < 1.29 is 14.7 Å². The Labute approximate surface area is 117 Å². The number of amides is 2. The van der Waals surface area contributed by atoms with Gasteiger partial charge >= 0.3 is 0 Å². The van der Waals surface area contributed by atoms with Crippen LogP contribution >= 0.6 is 0 Å². The minimum atomic E-state index is -0.314. The number of hydrogen-bond donors (Lipinski definition) is 2. The van der Waals surface area contributed by atoms with Crippen LogP contribution in [0.4, 0.5) is 0 Å². The fourth-order valence-corrected chi connectivity index (χ4v) is 3.29. The van der Waals surface area contributed by atoms with Crippen molar-refractivity contribution >= 4 is 11.8 Å². The van der Waals surface area contributed by atoms with E-state index in [1.54, 1.807) is 11.0 Å². The van der Waals surface area contributed by atoms with Crippen molar-refractivity contribution in [3.63, 3.8) is 0 Å². The van der Waals surface area contributed by atoms with Gasteiger partial charge in [-0.3, -0.25) is 9.59 Å². The van der Waals surface area contributed by atoms with Crippen LogP contribution in [-0.2, 0) is 16.0 Å². The number of benzene rings is 1. The zero-order chi connectivity index (χ0) is 14.3. The number of primary amides is 1. The number of likely N-dealkylation sites (tertiary alicyclic amines) is 1. The number of nitrogens with two attached hydrogens (primary N) is 1. The molecule has 20 heavy (non-hydrogen) atoms. The van der Waals surface area contributed by atoms with Crippen LogP contribution in [0.5, 0.6) is 5.75 Å². The van der Waals surface area contributed by atoms with Crippen molar-refractivity contribution in [2.45, 2.75) is 25.2 Å². The zero-order valence-electron chi connectivity index (χ0n) is 11.2. The molecule has 3 N–H and O–H groups in total. The molecule has 3 rings (SSSR count). The number of fused-ring (bicyclic) bond motifs is 1. The van der Waals surface area contributed by atoms with Crippen molar-refractivity contribution in [1.29, 1.82) is 0 Å². The molecule has 1 aromatic rings. The Bertz CT molecular complexity index is 564. The van der Waals surface area contributed by atoms with Crippen molar-refractivity contribution in [2.24, 2.45) is 11.7 Å². The van der Waals surface area contributed by atoms with Crippen molar-refractivity contribution in [3.8, 4) is 5.75 Å². The number of rotatable bonds is 3. The number of aromatic hydroxyl groups is 1. The van der Waals surface area contributed by atoms with Crippen molar-refractivity contribution in [1.82, 2.24) is 4.90 Å². The van der Waals surface area contributed by atoms with E-state index in [9.17, 15) is 14.7 Å². The highest BCUT2D eigenvalue weighted by Crippen LogP contribution is 2.40. The average Bonchev–Trinajstić information content (AvgIpc) is 2.77. The maximum atomic E-state index is 12.5. The summed E-state index contributed by atoms with van der Waals surface area (Å²) in [5.74, 6) is -0.0769. The molecule has 5 nitrogen and oxygen atoms in total. The van der Waals surface area contributed by atoms with Crippen molar-refractivity contribution in [3.05, 3.63) is 29.3 Å². The van der Waals surface area contributed by atoms with E-state index in [0.717, 1.165) is 24.0 Å². The van der Waals surface area contributed by atoms with E-state index in [4.69, 9.17) is 5.73 Å². The van der Waals surface area contributed by atoms with E-state index in [2.05, 4.69) is 0 Å². The Balaban J connectivity index is 1.68. The summed E-state index contributed by atoms with van der Waals surface area (Å²) in [5, 5.41) is 9.96. The van der Waals surface area contributed by atoms with Gasteiger partial charge in [-0.15, -0.1) is 0 Å². The van der Waals surface area contributed by atoms with Gasteiger partial charge in [0.25, 0.3) is 0 Å². The summed E-state index contributed by atoms with van der Waals surface area (Å²) in [6.07, 6.45) is 1.93. The quantitative estimate of drug-likeness (QED) is 0.853. The molecule has 1 unspecified atom stereocenters. The Morgan fingerprint density at radius 1 is 1.35 bits per heavy atom. The number of nitrogens with zero attached hydrogens (tertiary/aromatic N) is 1. The molecule has 0 aromatic heterocycles. The largest absolute Gasteiger partial charge is 0.508 e. The predicted molar refractivity (Wildman–Crippen MR) is 73.1 cm³/mol. The summed E-state index contributed by atoms with van der Waals surface area (Å²) < 4.78 is 0. The van der Waals surface area contributed by atoms with Gasteiger partial charge in [-0.05, 0) is 24.5 Å². The number of carbonyl (C=O) groups excluding carboxylic acids is 2. The monoisotopic (exact) mass is 274 g/mol. The van der Waals surface area contributed by atoms with E-state index in [1.807, 2.05) is 12.1 Å². The minimum Gasteiger partial charge on any atom is -0.508 e. The maximum absolute atomic E-state index is 12.5. The average molecular weight is 274 g/mol. The molecule has 0 bridgehead atoms. The standard InChI is InChI=1S/C15H18N2O3/c16-13(19)6-9-7-17(8-9)15(20)11-5-4-10-2-1-3-12(18)14(10)11/h1-3,9,11,18H,4-8H2,(H2,16,19). The molecular weight excluding hydrogens is 256 g/mol. The number of hydrogen-bond acceptors (Lipinski definition) is 3. The van der Waals surface area contributed by atoms with Gasteiger partial charge in [-0.25, -0.2) is 0 Å². The molecule has 106 valence electrons. The lowest BCUT2D eigenvalue weighted by Gasteiger charge is -2.40. The normalized spacial score (nSPS) is 21.4. The number of carbonyl (C=O) groups is 2. The molecule has 0 spiro atoms. The molecule has 5 heteroatoms. The van der Waals surface area contributed by atoms with Crippen molar-refractivity contribution in [2.75, 3.05) is 13.1 Å². The summed E-state index contributed by atoms with van der Waals surface area (Å²) in [7, 11) is 0. The predicted octanol–water partition coefficient (Wildman–Crippen LogP) is 0.756. The number of phenols is 1. The van der Waals surface area contributed by atoms with E-state index < -0.39 is 0 Å². The summed E-state index contributed by atoms with van der Waals surface area (Å²) in [4.78, 5) is 25.1. The Morgan fingerprint density at radius 2 is 2.10 bits per heavy atom. The first-order valence-electron chi connectivity index (χ1n) is 6.94. The molecule has 0 saturated carbocycles. The van der Waals surface area contributed by atoms with Gasteiger partial charge in [0.15, 0.2) is 0 Å². The lowest BCUT2D eigenvalue weighted by atomic mass is 9.92. The van der Waals surface area contributed by atoms with E-state index in [0.29, 0.717) is 19.5 Å². The van der Waals surface area contributed by atoms with Crippen LogP contribution in [0.3, 0.4) is 0 Å². The topological polar surface area (TPSA) is 83.6 Å².